The largest absolute Gasteiger partial charge is 0.493 e. The maximum Gasteiger partial charge on any atom is 0.266 e. The molecule has 0 bridgehead atoms. The van der Waals surface area contributed by atoms with Crippen LogP contribution in [0.4, 0.5) is 5.69 Å². The van der Waals surface area contributed by atoms with Gasteiger partial charge in [-0.3, -0.25) is 9.69 Å². The molecule has 2 aromatic rings. The first-order chi connectivity index (χ1) is 13.5. The first kappa shape index (κ1) is 20.0. The van der Waals surface area contributed by atoms with Gasteiger partial charge in [-0.25, -0.2) is 4.99 Å². The van der Waals surface area contributed by atoms with E-state index in [9.17, 15) is 4.79 Å². The number of hydrogen-bond acceptors (Lipinski definition) is 5. The highest BCUT2D eigenvalue weighted by molar-refractivity contribution is 8.18. The van der Waals surface area contributed by atoms with Gasteiger partial charge in [0, 0.05) is 12.1 Å². The van der Waals surface area contributed by atoms with E-state index in [4.69, 9.17) is 14.5 Å². The minimum atomic E-state index is -0.0542. The quantitative estimate of drug-likeness (QED) is 0.672. The molecule has 1 aliphatic rings. The van der Waals surface area contributed by atoms with Crippen LogP contribution in [0.2, 0.25) is 0 Å². The van der Waals surface area contributed by atoms with Gasteiger partial charge in [-0.1, -0.05) is 24.3 Å². The van der Waals surface area contributed by atoms with E-state index in [1.165, 1.54) is 11.8 Å². The van der Waals surface area contributed by atoms with Gasteiger partial charge in [-0.15, -0.1) is 0 Å². The second-order valence-corrected chi connectivity index (χ2v) is 7.44. The van der Waals surface area contributed by atoms with Crippen LogP contribution in [0.5, 0.6) is 11.5 Å². The molecule has 146 valence electrons. The van der Waals surface area contributed by atoms with Crippen molar-refractivity contribution in [1.82, 2.24) is 4.90 Å². The van der Waals surface area contributed by atoms with E-state index in [1.807, 2.05) is 57.2 Å². The molecule has 0 spiro atoms. The van der Waals surface area contributed by atoms with Gasteiger partial charge in [-0.05, 0) is 61.9 Å². The molecular formula is C22H24N2O3S. The maximum absolute atomic E-state index is 12.9. The SMILES string of the molecule is CCN1C(=O)/C(=C\c2cccc(OC)c2OC)SC1=Nc1cc(C)ccc1C. The number of amides is 1. The number of benzene rings is 2. The molecule has 1 fully saturated rings. The van der Waals surface area contributed by atoms with E-state index in [0.717, 1.165) is 22.4 Å². The Morgan fingerprint density at radius 2 is 1.93 bits per heavy atom. The number of methoxy groups -OCH3 is 2. The number of amidine groups is 1. The third-order valence-corrected chi connectivity index (χ3v) is 5.51. The van der Waals surface area contributed by atoms with Crippen LogP contribution in [-0.2, 0) is 4.79 Å². The Morgan fingerprint density at radius 1 is 1.14 bits per heavy atom. The second-order valence-electron chi connectivity index (χ2n) is 6.43. The molecule has 0 aromatic heterocycles. The first-order valence-corrected chi connectivity index (χ1v) is 9.88. The van der Waals surface area contributed by atoms with Crippen molar-refractivity contribution in [2.45, 2.75) is 20.8 Å². The van der Waals surface area contributed by atoms with Gasteiger partial charge in [-0.2, -0.15) is 0 Å². The van der Waals surface area contributed by atoms with Crippen molar-refractivity contribution in [2.75, 3.05) is 20.8 Å². The van der Waals surface area contributed by atoms with Crippen molar-refractivity contribution in [3.05, 3.63) is 58.0 Å². The maximum atomic E-state index is 12.9. The van der Waals surface area contributed by atoms with E-state index in [-0.39, 0.29) is 5.91 Å². The molecule has 2 aromatic carbocycles. The summed E-state index contributed by atoms with van der Waals surface area (Å²) in [5.41, 5.74) is 3.89. The standard InChI is InChI=1S/C22H24N2O3S/c1-6-24-21(25)19(13-16-8-7-9-18(26-4)20(16)27-5)28-22(24)23-17-12-14(2)10-11-15(17)3/h7-13H,6H2,1-5H3/b19-13+,23-22?. The number of nitrogens with zero attached hydrogens (tertiary/aromatic N) is 2. The predicted octanol–water partition coefficient (Wildman–Crippen LogP) is 4.94. The highest BCUT2D eigenvalue weighted by atomic mass is 32.2. The smallest absolute Gasteiger partial charge is 0.266 e. The molecule has 1 saturated heterocycles. The number of hydrogen-bond donors (Lipinski definition) is 0. The molecule has 0 radical (unpaired) electrons. The van der Waals surface area contributed by atoms with Gasteiger partial charge < -0.3 is 9.47 Å². The summed E-state index contributed by atoms with van der Waals surface area (Å²) in [7, 11) is 3.19. The van der Waals surface area contributed by atoms with Gasteiger partial charge in [0.15, 0.2) is 16.7 Å². The number of aliphatic imine (C=N–C) groups is 1. The van der Waals surface area contributed by atoms with Gasteiger partial charge in [0.2, 0.25) is 0 Å². The minimum absolute atomic E-state index is 0.0542. The zero-order valence-corrected chi connectivity index (χ0v) is 17.6. The normalized spacial score (nSPS) is 16.9. The summed E-state index contributed by atoms with van der Waals surface area (Å²) in [6, 6.07) is 11.7. The number of carbonyl (C=O) groups excluding carboxylic acids is 1. The fraction of sp³-hybridized carbons (Fsp3) is 0.273. The number of para-hydroxylation sites is 1. The van der Waals surface area contributed by atoms with Crippen molar-refractivity contribution in [1.29, 1.82) is 0 Å². The average Bonchev–Trinajstić information content (AvgIpc) is 2.98. The lowest BCUT2D eigenvalue weighted by Gasteiger charge is -2.13. The van der Waals surface area contributed by atoms with Gasteiger partial charge in [0.05, 0.1) is 24.8 Å². The third-order valence-electron chi connectivity index (χ3n) is 4.51. The summed E-state index contributed by atoms with van der Waals surface area (Å²) in [4.78, 5) is 20.0. The third kappa shape index (κ3) is 3.92. The van der Waals surface area contributed by atoms with Gasteiger partial charge in [0.1, 0.15) is 0 Å². The van der Waals surface area contributed by atoms with Gasteiger partial charge in [0.25, 0.3) is 5.91 Å². The predicted molar refractivity (Wildman–Crippen MR) is 116 cm³/mol. The van der Waals surface area contributed by atoms with E-state index in [0.29, 0.717) is 28.1 Å². The molecule has 28 heavy (non-hydrogen) atoms. The Balaban J connectivity index is 2.02. The zero-order chi connectivity index (χ0) is 20.3. The van der Waals surface area contributed by atoms with Crippen LogP contribution in [-0.4, -0.2) is 36.7 Å². The van der Waals surface area contributed by atoms with Gasteiger partial charge >= 0.3 is 0 Å². The molecule has 1 heterocycles. The number of carbonyl (C=O) groups is 1. The molecular weight excluding hydrogens is 372 g/mol. The summed E-state index contributed by atoms with van der Waals surface area (Å²) in [6.45, 7) is 6.57. The Morgan fingerprint density at radius 3 is 2.61 bits per heavy atom. The van der Waals surface area contributed by atoms with Crippen LogP contribution < -0.4 is 9.47 Å². The number of ether oxygens (including phenoxy) is 2. The number of rotatable bonds is 5. The Hall–Kier alpha value is -2.73. The van der Waals surface area contributed by atoms with Crippen LogP contribution in [0.3, 0.4) is 0 Å². The summed E-state index contributed by atoms with van der Waals surface area (Å²) < 4.78 is 10.8. The minimum Gasteiger partial charge on any atom is -0.493 e. The summed E-state index contributed by atoms with van der Waals surface area (Å²) in [5, 5.41) is 0.689. The van der Waals surface area contributed by atoms with Crippen LogP contribution in [0.25, 0.3) is 6.08 Å². The summed E-state index contributed by atoms with van der Waals surface area (Å²) in [6.07, 6.45) is 1.84. The van der Waals surface area contributed by atoms with Crippen molar-refractivity contribution in [3.8, 4) is 11.5 Å². The van der Waals surface area contributed by atoms with Crippen LogP contribution in [0.1, 0.15) is 23.6 Å². The second kappa shape index (κ2) is 8.52. The Labute approximate surface area is 170 Å². The van der Waals surface area contributed by atoms with Crippen molar-refractivity contribution in [2.24, 2.45) is 4.99 Å². The fourth-order valence-electron chi connectivity index (χ4n) is 2.98. The molecule has 3 rings (SSSR count). The highest BCUT2D eigenvalue weighted by Crippen LogP contribution is 2.38. The lowest BCUT2D eigenvalue weighted by Crippen LogP contribution is -2.28. The topological polar surface area (TPSA) is 51.1 Å². The number of thioether (sulfide) groups is 1. The Kier molecular flexibility index (Phi) is 6.09. The van der Waals surface area contributed by atoms with Crippen LogP contribution >= 0.6 is 11.8 Å². The first-order valence-electron chi connectivity index (χ1n) is 9.06. The van der Waals surface area contributed by atoms with Crippen molar-refractivity contribution in [3.63, 3.8) is 0 Å². The lowest BCUT2D eigenvalue weighted by molar-refractivity contribution is -0.122. The van der Waals surface area contributed by atoms with E-state index >= 15 is 0 Å². The Bertz CT molecular complexity index is 966. The highest BCUT2D eigenvalue weighted by Gasteiger charge is 2.32. The molecule has 0 N–H and O–H groups in total. The van der Waals surface area contributed by atoms with Crippen molar-refractivity contribution >= 4 is 34.6 Å². The average molecular weight is 397 g/mol. The summed E-state index contributed by atoms with van der Waals surface area (Å²) >= 11 is 1.38. The van der Waals surface area contributed by atoms with Crippen LogP contribution in [0, 0.1) is 13.8 Å². The molecule has 6 heteroatoms. The molecule has 0 atom stereocenters. The number of likely N-dealkylation sites (N-methyl/N-ethyl adjacent to an activating group) is 1. The summed E-state index contributed by atoms with van der Waals surface area (Å²) in [5.74, 6) is 1.18. The monoisotopic (exact) mass is 396 g/mol. The van der Waals surface area contributed by atoms with E-state index in [1.54, 1.807) is 19.1 Å². The lowest BCUT2D eigenvalue weighted by atomic mass is 10.1. The zero-order valence-electron chi connectivity index (χ0n) is 16.8. The molecule has 5 nitrogen and oxygen atoms in total. The molecule has 1 amide bonds. The number of aryl methyl sites for hydroxylation is 2. The van der Waals surface area contributed by atoms with E-state index < -0.39 is 0 Å². The molecule has 0 aliphatic carbocycles. The van der Waals surface area contributed by atoms with E-state index in [2.05, 4.69) is 6.07 Å². The van der Waals surface area contributed by atoms with Crippen LogP contribution in [0.15, 0.2) is 46.3 Å². The van der Waals surface area contributed by atoms with Crippen molar-refractivity contribution < 1.29 is 14.3 Å². The molecule has 0 unspecified atom stereocenters. The fourth-order valence-corrected chi connectivity index (χ4v) is 4.03. The molecule has 1 aliphatic heterocycles. The molecule has 0 saturated carbocycles.